The van der Waals surface area contributed by atoms with Gasteiger partial charge < -0.3 is 9.51 Å². The fraction of sp³-hybridized carbons (Fsp3) is 0.250. The number of nitrogens with one attached hydrogen (secondary N) is 1. The first-order valence-electron chi connectivity index (χ1n) is 8.74. The zero-order valence-electron chi connectivity index (χ0n) is 15.7. The van der Waals surface area contributed by atoms with Crippen LogP contribution in [0.1, 0.15) is 32.0 Å². The van der Waals surface area contributed by atoms with E-state index in [-0.39, 0.29) is 27.3 Å². The molecule has 0 saturated heterocycles. The Hall–Kier alpha value is -2.87. The minimum Gasteiger partial charge on any atom is -0.353 e. The molecule has 0 bridgehead atoms. The fourth-order valence-electron chi connectivity index (χ4n) is 2.90. The maximum Gasteiger partial charge on any atom is 0.417 e. The fourth-order valence-corrected chi connectivity index (χ4v) is 3.13. The van der Waals surface area contributed by atoms with Gasteiger partial charge in [-0.1, -0.05) is 55.7 Å². The van der Waals surface area contributed by atoms with Crippen LogP contribution < -0.4 is 0 Å². The third kappa shape index (κ3) is 3.60. The summed E-state index contributed by atoms with van der Waals surface area (Å²) in [6.45, 7) is 5.99. The Balaban J connectivity index is 1.83. The molecule has 0 aliphatic rings. The Kier molecular flexibility index (Phi) is 4.42. The van der Waals surface area contributed by atoms with Gasteiger partial charge in [0.1, 0.15) is 5.52 Å². The number of imidazole rings is 1. The zero-order chi connectivity index (χ0) is 21.0. The summed E-state index contributed by atoms with van der Waals surface area (Å²) < 4.78 is 45.5. The van der Waals surface area contributed by atoms with Crippen molar-refractivity contribution in [2.24, 2.45) is 0 Å². The lowest BCUT2D eigenvalue weighted by atomic mass is 9.92. The van der Waals surface area contributed by atoms with Crippen molar-refractivity contribution in [1.29, 1.82) is 0 Å². The molecule has 0 amide bonds. The number of hydrogen-bond donors (Lipinski definition) is 1. The highest BCUT2D eigenvalue weighted by Crippen LogP contribution is 2.38. The van der Waals surface area contributed by atoms with Crippen molar-refractivity contribution in [3.05, 3.63) is 52.7 Å². The quantitative estimate of drug-likeness (QED) is 0.416. The highest BCUT2D eigenvalue weighted by molar-refractivity contribution is 6.35. The molecule has 0 saturated carbocycles. The number of pyridine rings is 1. The summed E-state index contributed by atoms with van der Waals surface area (Å²) in [6, 6.07) is 8.35. The molecule has 0 atom stereocenters. The van der Waals surface area contributed by atoms with E-state index in [2.05, 4.69) is 20.1 Å². The van der Waals surface area contributed by atoms with Crippen LogP contribution in [-0.2, 0) is 11.6 Å². The van der Waals surface area contributed by atoms with E-state index in [1.807, 2.05) is 20.8 Å². The van der Waals surface area contributed by atoms with Crippen LogP contribution in [0.5, 0.6) is 0 Å². The molecule has 0 radical (unpaired) electrons. The zero-order valence-corrected chi connectivity index (χ0v) is 16.5. The number of fused-ring (bicyclic) bond motifs is 1. The molecule has 0 spiro atoms. The topological polar surface area (TPSA) is 67.6 Å². The first-order valence-corrected chi connectivity index (χ1v) is 9.12. The molecule has 9 heteroatoms. The van der Waals surface area contributed by atoms with Gasteiger partial charge in [0.25, 0.3) is 0 Å². The van der Waals surface area contributed by atoms with Crippen molar-refractivity contribution in [2.45, 2.75) is 32.4 Å². The van der Waals surface area contributed by atoms with Crippen molar-refractivity contribution in [2.75, 3.05) is 0 Å². The lowest BCUT2D eigenvalue weighted by Gasteiger charge is -2.12. The Morgan fingerprint density at radius 3 is 2.41 bits per heavy atom. The van der Waals surface area contributed by atoms with Gasteiger partial charge in [-0.05, 0) is 12.1 Å². The Morgan fingerprint density at radius 2 is 1.76 bits per heavy atom. The predicted octanol–water partition coefficient (Wildman–Crippen LogP) is 6.25. The number of rotatable bonds is 2. The van der Waals surface area contributed by atoms with Gasteiger partial charge in [-0.2, -0.15) is 13.2 Å². The lowest BCUT2D eigenvalue weighted by molar-refractivity contribution is -0.137. The van der Waals surface area contributed by atoms with Crippen molar-refractivity contribution in [3.8, 4) is 22.8 Å². The summed E-state index contributed by atoms with van der Waals surface area (Å²) in [5.74, 6) is 0.736. The van der Waals surface area contributed by atoms with E-state index in [0.717, 1.165) is 11.8 Å². The van der Waals surface area contributed by atoms with Crippen molar-refractivity contribution >= 4 is 22.8 Å². The van der Waals surface area contributed by atoms with Gasteiger partial charge in [-0.25, -0.2) is 9.97 Å². The molecule has 29 heavy (non-hydrogen) atoms. The predicted molar refractivity (Wildman–Crippen MR) is 104 cm³/mol. The number of aromatic amines is 1. The molecule has 5 nitrogen and oxygen atoms in total. The number of halogens is 4. The minimum atomic E-state index is -4.51. The standard InChI is InChI=1S/C20H16ClF3N4O/c1-19(2,3)15-9-14(29-28-15)17-26-16-12(21)8-13(25-18(16)27-17)10-6-4-5-7-11(10)20(22,23)24/h4-9H,1-3H3,(H,25,26,27). The van der Waals surface area contributed by atoms with E-state index in [9.17, 15) is 13.2 Å². The van der Waals surface area contributed by atoms with Gasteiger partial charge in [0.05, 0.1) is 22.0 Å². The van der Waals surface area contributed by atoms with Crippen LogP contribution in [0.15, 0.2) is 40.9 Å². The van der Waals surface area contributed by atoms with E-state index >= 15 is 0 Å². The van der Waals surface area contributed by atoms with Crippen LogP contribution in [0.2, 0.25) is 5.02 Å². The molecule has 0 aliphatic carbocycles. The Labute approximate surface area is 168 Å². The largest absolute Gasteiger partial charge is 0.417 e. The summed E-state index contributed by atoms with van der Waals surface area (Å²) in [5.41, 5.74) is 0.356. The van der Waals surface area contributed by atoms with Crippen molar-refractivity contribution < 1.29 is 17.7 Å². The lowest BCUT2D eigenvalue weighted by Crippen LogP contribution is -2.10. The number of aromatic nitrogens is 4. The number of H-pyrrole nitrogens is 1. The van der Waals surface area contributed by atoms with Crippen LogP contribution in [0.3, 0.4) is 0 Å². The van der Waals surface area contributed by atoms with Crippen molar-refractivity contribution in [1.82, 2.24) is 20.1 Å². The number of hydrogen-bond acceptors (Lipinski definition) is 4. The molecule has 1 aromatic carbocycles. The van der Waals surface area contributed by atoms with E-state index in [4.69, 9.17) is 16.1 Å². The number of nitrogens with zero attached hydrogens (tertiary/aromatic N) is 3. The van der Waals surface area contributed by atoms with Gasteiger partial charge in [0, 0.05) is 17.0 Å². The third-order valence-corrected chi connectivity index (χ3v) is 4.73. The summed E-state index contributed by atoms with van der Waals surface area (Å²) in [4.78, 5) is 11.7. The normalized spacial score (nSPS) is 12.7. The maximum atomic E-state index is 13.4. The molecular formula is C20H16ClF3N4O. The SMILES string of the molecule is CC(C)(C)c1cc(-c2nc3nc(-c4ccccc4C(F)(F)F)cc(Cl)c3[nH]2)on1. The second-order valence-corrected chi connectivity index (χ2v) is 8.05. The van der Waals surface area contributed by atoms with Crippen LogP contribution >= 0.6 is 11.6 Å². The molecule has 4 aromatic rings. The molecule has 3 aromatic heterocycles. The highest BCUT2D eigenvalue weighted by Gasteiger charge is 2.34. The highest BCUT2D eigenvalue weighted by atomic mass is 35.5. The van der Waals surface area contributed by atoms with Gasteiger partial charge in [-0.15, -0.1) is 0 Å². The van der Waals surface area contributed by atoms with Gasteiger partial charge in [0.2, 0.25) is 5.76 Å². The molecule has 0 aliphatic heterocycles. The van der Waals surface area contributed by atoms with Gasteiger partial charge in [-0.3, -0.25) is 0 Å². The molecule has 3 heterocycles. The van der Waals surface area contributed by atoms with Crippen LogP contribution in [0, 0.1) is 0 Å². The summed E-state index contributed by atoms with van der Waals surface area (Å²) >= 11 is 6.32. The van der Waals surface area contributed by atoms with Gasteiger partial charge in [0.15, 0.2) is 11.5 Å². The second-order valence-electron chi connectivity index (χ2n) is 7.64. The van der Waals surface area contributed by atoms with Crippen molar-refractivity contribution in [3.63, 3.8) is 0 Å². The smallest absolute Gasteiger partial charge is 0.353 e. The average molecular weight is 421 g/mol. The second kappa shape index (κ2) is 6.59. The molecule has 150 valence electrons. The average Bonchev–Trinajstić information content (AvgIpc) is 3.27. The summed E-state index contributed by atoms with van der Waals surface area (Å²) in [5, 5.41) is 4.25. The summed E-state index contributed by atoms with van der Waals surface area (Å²) in [6.07, 6.45) is -4.51. The van der Waals surface area contributed by atoms with Crippen LogP contribution in [0.4, 0.5) is 13.2 Å². The third-order valence-electron chi connectivity index (χ3n) is 4.43. The number of benzene rings is 1. The minimum absolute atomic E-state index is 0.0666. The van der Waals surface area contributed by atoms with E-state index < -0.39 is 11.7 Å². The first kappa shape index (κ1) is 19.4. The van der Waals surface area contributed by atoms with E-state index in [1.54, 1.807) is 6.07 Å². The molecule has 0 fully saturated rings. The van der Waals surface area contributed by atoms with E-state index in [0.29, 0.717) is 17.1 Å². The molecule has 4 rings (SSSR count). The van der Waals surface area contributed by atoms with Crippen LogP contribution in [-0.4, -0.2) is 20.1 Å². The molecule has 1 N–H and O–H groups in total. The monoisotopic (exact) mass is 420 g/mol. The Bertz CT molecular complexity index is 1200. The Morgan fingerprint density at radius 1 is 1.03 bits per heavy atom. The summed E-state index contributed by atoms with van der Waals surface area (Å²) in [7, 11) is 0. The maximum absolute atomic E-state index is 13.4. The first-order chi connectivity index (χ1) is 13.5. The number of alkyl halides is 3. The van der Waals surface area contributed by atoms with Gasteiger partial charge >= 0.3 is 6.18 Å². The molecular weight excluding hydrogens is 405 g/mol. The van der Waals surface area contributed by atoms with E-state index in [1.165, 1.54) is 24.3 Å². The molecule has 0 unspecified atom stereocenters. The van der Waals surface area contributed by atoms with Crippen LogP contribution in [0.25, 0.3) is 34.0 Å².